The second-order valence-corrected chi connectivity index (χ2v) is 8.29. The number of nitrogen functional groups attached to an aromatic ring is 1. The van der Waals surface area contributed by atoms with Crippen molar-refractivity contribution in [3.8, 4) is 17.2 Å². The number of nitrogens with zero attached hydrogens (tertiary/aromatic N) is 5. The number of benzene rings is 2. The molecule has 4 N–H and O–H groups in total. The van der Waals surface area contributed by atoms with Crippen LogP contribution in [0.25, 0.3) is 16.9 Å². The minimum absolute atomic E-state index is 0.163. The van der Waals surface area contributed by atoms with Crippen LogP contribution in [0.5, 0.6) is 11.5 Å². The molecule has 182 valence electrons. The van der Waals surface area contributed by atoms with Gasteiger partial charge in [0.15, 0.2) is 11.5 Å². The summed E-state index contributed by atoms with van der Waals surface area (Å²) in [5.74, 6) is 0.417. The van der Waals surface area contributed by atoms with Crippen molar-refractivity contribution < 1.29 is 14.3 Å². The Morgan fingerprint density at radius 2 is 1.72 bits per heavy atom. The van der Waals surface area contributed by atoms with Crippen molar-refractivity contribution in [2.75, 3.05) is 18.8 Å². The molecule has 5 rings (SSSR count). The molecule has 0 saturated carbocycles. The molecule has 1 saturated heterocycles. The molecule has 1 aliphatic heterocycles. The molecule has 36 heavy (non-hydrogen) atoms. The van der Waals surface area contributed by atoms with Crippen molar-refractivity contribution in [2.24, 2.45) is 5.73 Å². The molecule has 2 amide bonds. The van der Waals surface area contributed by atoms with Crippen molar-refractivity contribution in [1.82, 2.24) is 24.0 Å². The number of carbonyl (C=O) groups is 2. The Morgan fingerprint density at radius 1 is 1.00 bits per heavy atom. The molecule has 1 fully saturated rings. The summed E-state index contributed by atoms with van der Waals surface area (Å²) in [5, 5.41) is 0. The highest BCUT2D eigenvalue weighted by molar-refractivity contribution is 5.96. The fraction of sp³-hybridized carbons (Fsp3) is 0.160. The second-order valence-electron chi connectivity index (χ2n) is 8.29. The zero-order valence-corrected chi connectivity index (χ0v) is 19.2. The number of carbonyl (C=O) groups excluding carboxylic acids is 2. The van der Waals surface area contributed by atoms with Crippen LogP contribution in [0.1, 0.15) is 12.5 Å². The largest absolute Gasteiger partial charge is 0.457 e. The Labute approximate surface area is 205 Å². The van der Waals surface area contributed by atoms with Crippen LogP contribution in [0.2, 0.25) is 0 Å². The molecule has 0 aliphatic carbocycles. The number of imidazole rings is 1. The van der Waals surface area contributed by atoms with Crippen LogP contribution >= 0.6 is 0 Å². The van der Waals surface area contributed by atoms with Gasteiger partial charge in [-0.05, 0) is 42.8 Å². The highest BCUT2D eigenvalue weighted by Crippen LogP contribution is 2.28. The van der Waals surface area contributed by atoms with Crippen LogP contribution in [-0.2, 0) is 9.59 Å². The summed E-state index contributed by atoms with van der Waals surface area (Å²) >= 11 is 0. The zero-order valence-electron chi connectivity index (χ0n) is 19.2. The number of para-hydroxylation sites is 1. The first-order chi connectivity index (χ1) is 17.4. The van der Waals surface area contributed by atoms with Crippen LogP contribution < -0.4 is 21.9 Å². The third-order valence-electron chi connectivity index (χ3n) is 5.98. The van der Waals surface area contributed by atoms with E-state index in [0.29, 0.717) is 41.3 Å². The zero-order chi connectivity index (χ0) is 25.2. The highest BCUT2D eigenvalue weighted by Gasteiger charge is 2.31. The van der Waals surface area contributed by atoms with Crippen molar-refractivity contribution in [1.29, 1.82) is 0 Å². The standard InChI is InChI=1S/C25H23N7O4/c26-20(33)10-11-21(34)30-13-12-17(14-30)32-24-22(23(27)28-15-29-24)31(25(32)35)16-6-8-19(9-7-16)36-18-4-2-1-3-5-18/h1-11,15,17H,12-14H2,(H2,26,33)(H2,27,28,29)/t17-/m1/s1. The SMILES string of the molecule is NC(=O)C=CC(=O)N1CC[C@@H](n2c(=O)n(-c3ccc(Oc4ccccc4)cc3)c3c(N)ncnc32)C1. The van der Waals surface area contributed by atoms with Gasteiger partial charge in [0.25, 0.3) is 0 Å². The number of nitrogens with two attached hydrogens (primary N) is 2. The lowest BCUT2D eigenvalue weighted by Crippen LogP contribution is -2.31. The van der Waals surface area contributed by atoms with Gasteiger partial charge in [0.1, 0.15) is 23.3 Å². The van der Waals surface area contributed by atoms with E-state index < -0.39 is 5.91 Å². The lowest BCUT2D eigenvalue weighted by Gasteiger charge is -2.15. The summed E-state index contributed by atoms with van der Waals surface area (Å²) in [5.41, 5.74) is 12.3. The fourth-order valence-electron chi connectivity index (χ4n) is 4.34. The number of fused-ring (bicyclic) bond motifs is 1. The van der Waals surface area contributed by atoms with Crippen molar-refractivity contribution in [2.45, 2.75) is 12.5 Å². The molecule has 3 heterocycles. The molecule has 1 atom stereocenters. The van der Waals surface area contributed by atoms with Crippen LogP contribution in [0, 0.1) is 0 Å². The molecule has 0 radical (unpaired) electrons. The normalized spacial score (nSPS) is 15.6. The average molecular weight is 486 g/mol. The molecule has 1 aliphatic rings. The van der Waals surface area contributed by atoms with E-state index in [2.05, 4.69) is 9.97 Å². The molecule has 4 aromatic rings. The van der Waals surface area contributed by atoms with E-state index >= 15 is 0 Å². The monoisotopic (exact) mass is 485 g/mol. The molecule has 11 nitrogen and oxygen atoms in total. The number of rotatable bonds is 6. The lowest BCUT2D eigenvalue weighted by atomic mass is 10.2. The Kier molecular flexibility index (Phi) is 5.95. The fourth-order valence-corrected chi connectivity index (χ4v) is 4.34. The van der Waals surface area contributed by atoms with Gasteiger partial charge in [-0.2, -0.15) is 0 Å². The van der Waals surface area contributed by atoms with Crippen LogP contribution in [0.15, 0.2) is 77.9 Å². The number of hydrogen-bond acceptors (Lipinski definition) is 7. The topological polar surface area (TPSA) is 151 Å². The van der Waals surface area contributed by atoms with Gasteiger partial charge in [0.2, 0.25) is 11.8 Å². The third-order valence-corrected chi connectivity index (χ3v) is 5.98. The molecule has 0 spiro atoms. The molecule has 11 heteroatoms. The number of aromatic nitrogens is 4. The number of likely N-dealkylation sites (tertiary alicyclic amines) is 1. The maximum absolute atomic E-state index is 13.7. The number of primary amides is 1. The average Bonchev–Trinajstić information content (AvgIpc) is 3.47. The van der Waals surface area contributed by atoms with Crippen molar-refractivity contribution >= 4 is 28.8 Å². The number of ether oxygens (including phenoxy) is 1. The summed E-state index contributed by atoms with van der Waals surface area (Å²) in [6.07, 6.45) is 3.99. The molecular weight excluding hydrogens is 462 g/mol. The third kappa shape index (κ3) is 4.29. The summed E-state index contributed by atoms with van der Waals surface area (Å²) in [7, 11) is 0. The van der Waals surface area contributed by atoms with E-state index in [1.807, 2.05) is 30.3 Å². The second kappa shape index (κ2) is 9.37. The summed E-state index contributed by atoms with van der Waals surface area (Å²) in [6, 6.07) is 16.1. The van der Waals surface area contributed by atoms with Crippen LogP contribution in [-0.4, -0.2) is 48.9 Å². The Balaban J connectivity index is 1.49. The lowest BCUT2D eigenvalue weighted by molar-refractivity contribution is -0.125. The molecule has 2 aromatic carbocycles. The molecular formula is C25H23N7O4. The minimum atomic E-state index is -0.703. The van der Waals surface area contributed by atoms with Crippen molar-refractivity contribution in [3.63, 3.8) is 0 Å². The maximum atomic E-state index is 13.7. The Bertz CT molecular complexity index is 1520. The van der Waals surface area contributed by atoms with E-state index in [4.69, 9.17) is 16.2 Å². The molecule has 0 bridgehead atoms. The number of anilines is 1. The predicted molar refractivity (Wildman–Crippen MR) is 133 cm³/mol. The van der Waals surface area contributed by atoms with Gasteiger partial charge < -0.3 is 21.1 Å². The Hall–Kier alpha value is -4.93. The maximum Gasteiger partial charge on any atom is 0.335 e. The number of amides is 2. The first-order valence-electron chi connectivity index (χ1n) is 11.3. The highest BCUT2D eigenvalue weighted by atomic mass is 16.5. The first kappa shape index (κ1) is 22.8. The molecule has 2 aromatic heterocycles. The van der Waals surface area contributed by atoms with E-state index in [1.54, 1.807) is 33.7 Å². The van der Waals surface area contributed by atoms with Crippen LogP contribution in [0.4, 0.5) is 5.82 Å². The van der Waals surface area contributed by atoms with Gasteiger partial charge in [0, 0.05) is 25.2 Å². The van der Waals surface area contributed by atoms with Crippen LogP contribution in [0.3, 0.4) is 0 Å². The van der Waals surface area contributed by atoms with Gasteiger partial charge in [-0.1, -0.05) is 18.2 Å². The smallest absolute Gasteiger partial charge is 0.335 e. The Morgan fingerprint density at radius 3 is 2.44 bits per heavy atom. The number of hydrogen-bond donors (Lipinski definition) is 2. The quantitative estimate of drug-likeness (QED) is 0.395. The summed E-state index contributed by atoms with van der Waals surface area (Å²) < 4.78 is 8.87. The van der Waals surface area contributed by atoms with Gasteiger partial charge in [-0.3, -0.25) is 18.7 Å². The predicted octanol–water partition coefficient (Wildman–Crippen LogP) is 1.77. The first-order valence-corrected chi connectivity index (χ1v) is 11.3. The van der Waals surface area contributed by atoms with Gasteiger partial charge in [0.05, 0.1) is 11.7 Å². The minimum Gasteiger partial charge on any atom is -0.457 e. The van der Waals surface area contributed by atoms with E-state index in [9.17, 15) is 14.4 Å². The summed E-state index contributed by atoms with van der Waals surface area (Å²) in [6.45, 7) is 0.687. The van der Waals surface area contributed by atoms with E-state index in [0.717, 1.165) is 12.2 Å². The summed E-state index contributed by atoms with van der Waals surface area (Å²) in [4.78, 5) is 47.0. The van der Waals surface area contributed by atoms with Gasteiger partial charge in [-0.15, -0.1) is 0 Å². The van der Waals surface area contributed by atoms with Gasteiger partial charge >= 0.3 is 5.69 Å². The van der Waals surface area contributed by atoms with E-state index in [1.165, 1.54) is 10.9 Å². The van der Waals surface area contributed by atoms with Crippen molar-refractivity contribution in [3.05, 3.63) is 83.6 Å². The van der Waals surface area contributed by atoms with Gasteiger partial charge in [-0.25, -0.2) is 14.8 Å². The van der Waals surface area contributed by atoms with E-state index in [-0.39, 0.29) is 30.0 Å². The molecule has 0 unspecified atom stereocenters.